The van der Waals surface area contributed by atoms with Crippen LogP contribution in [0.1, 0.15) is 108 Å². The number of nitrogens with one attached hydrogen (secondary N) is 1. The number of aryl methyl sites for hydroxylation is 1. The Balaban J connectivity index is 1.19. The number of hydrogen-bond acceptors (Lipinski definition) is 9. The minimum Gasteiger partial charge on any atom is -0.444 e. The minimum absolute atomic E-state index is 0.0912. The van der Waals surface area contributed by atoms with E-state index in [1.54, 1.807) is 21.1 Å². The van der Waals surface area contributed by atoms with E-state index in [1.807, 2.05) is 84.3 Å². The average molecular weight is 680 g/mol. The van der Waals surface area contributed by atoms with Crippen LogP contribution in [0.25, 0.3) is 10.4 Å². The molecule has 4 heterocycles. The molecule has 11 nitrogen and oxygen atoms in total. The number of aliphatic hydroxyl groups excluding tert-OH is 1. The fourth-order valence-corrected chi connectivity index (χ4v) is 7.51. The second-order valence-electron chi connectivity index (χ2n) is 14.5. The van der Waals surface area contributed by atoms with E-state index in [-0.39, 0.29) is 48.8 Å². The van der Waals surface area contributed by atoms with Crippen molar-refractivity contribution < 1.29 is 28.8 Å². The van der Waals surface area contributed by atoms with Crippen LogP contribution in [-0.2, 0) is 14.3 Å². The van der Waals surface area contributed by atoms with Crippen molar-refractivity contribution in [3.8, 4) is 10.4 Å². The first-order valence-electron chi connectivity index (χ1n) is 16.9. The van der Waals surface area contributed by atoms with Crippen LogP contribution in [0.15, 0.2) is 40.4 Å². The number of β-amino-alcohol motifs (C(OH)–C–C–N with tert-alkyl or cyclic N) is 1. The Morgan fingerprint density at radius 1 is 1.12 bits per heavy atom. The number of carbonyl (C=O) groups excluding carboxylic acids is 3. The lowest BCUT2D eigenvalue weighted by Crippen LogP contribution is -2.43. The van der Waals surface area contributed by atoms with Gasteiger partial charge in [-0.1, -0.05) is 43.3 Å². The minimum atomic E-state index is -0.708. The van der Waals surface area contributed by atoms with E-state index in [0.717, 1.165) is 40.2 Å². The Hall–Kier alpha value is -3.77. The molecule has 0 radical (unpaired) electrons. The number of rotatable bonds is 9. The molecule has 12 heteroatoms. The number of aromatic nitrogens is 2. The van der Waals surface area contributed by atoms with Crippen LogP contribution in [0.2, 0.25) is 0 Å². The number of carbonyl (C=O) groups is 3. The third kappa shape index (κ3) is 8.44. The van der Waals surface area contributed by atoms with Crippen LogP contribution in [0.4, 0.5) is 4.79 Å². The lowest BCUT2D eigenvalue weighted by Gasteiger charge is -2.32. The summed E-state index contributed by atoms with van der Waals surface area (Å²) in [6.45, 7) is 14.7. The first-order chi connectivity index (χ1) is 22.7. The molecule has 2 aliphatic heterocycles. The van der Waals surface area contributed by atoms with E-state index in [9.17, 15) is 19.5 Å². The smallest absolute Gasteiger partial charge is 0.410 e. The van der Waals surface area contributed by atoms with Crippen molar-refractivity contribution in [2.24, 2.45) is 5.92 Å². The summed E-state index contributed by atoms with van der Waals surface area (Å²) < 4.78 is 11.3. The molecule has 1 unspecified atom stereocenters. The summed E-state index contributed by atoms with van der Waals surface area (Å²) >= 11 is 1.60. The van der Waals surface area contributed by atoms with Crippen LogP contribution < -0.4 is 5.32 Å². The molecule has 1 aromatic carbocycles. The van der Waals surface area contributed by atoms with E-state index in [0.29, 0.717) is 25.3 Å². The molecule has 260 valence electrons. The lowest BCUT2D eigenvalue weighted by atomic mass is 9.89. The fraction of sp³-hybridized carbons (Fsp3) is 0.583. The second kappa shape index (κ2) is 14.8. The molecular weight excluding hydrogens is 630 g/mol. The van der Waals surface area contributed by atoms with Gasteiger partial charge in [-0.15, -0.1) is 11.3 Å². The molecular formula is C36H49N5O6S. The Morgan fingerprint density at radius 2 is 1.81 bits per heavy atom. The highest BCUT2D eigenvalue weighted by molar-refractivity contribution is 7.13. The number of amides is 3. The van der Waals surface area contributed by atoms with E-state index in [1.165, 1.54) is 0 Å². The summed E-state index contributed by atoms with van der Waals surface area (Å²) in [6.07, 6.45) is 0.840. The molecule has 4 atom stereocenters. The molecule has 2 fully saturated rings. The fourth-order valence-electron chi connectivity index (χ4n) is 6.70. The summed E-state index contributed by atoms with van der Waals surface area (Å²) in [5, 5.41) is 18.0. The van der Waals surface area contributed by atoms with Gasteiger partial charge in [0.05, 0.1) is 33.9 Å². The molecule has 2 aromatic heterocycles. The number of thiazole rings is 1. The number of likely N-dealkylation sites (tertiary alicyclic amines) is 2. The zero-order valence-electron chi connectivity index (χ0n) is 29.1. The largest absolute Gasteiger partial charge is 0.444 e. The van der Waals surface area contributed by atoms with Crippen molar-refractivity contribution >= 4 is 29.2 Å². The molecule has 0 saturated carbocycles. The summed E-state index contributed by atoms with van der Waals surface area (Å²) in [4.78, 5) is 48.6. The highest BCUT2D eigenvalue weighted by Crippen LogP contribution is 2.35. The molecule has 3 amide bonds. The van der Waals surface area contributed by atoms with Crippen LogP contribution in [-0.4, -0.2) is 80.3 Å². The monoisotopic (exact) mass is 679 g/mol. The molecule has 0 aliphatic carbocycles. The number of ether oxygens (including phenoxy) is 1. The van der Waals surface area contributed by atoms with Crippen molar-refractivity contribution in [2.75, 3.05) is 19.6 Å². The predicted molar refractivity (Wildman–Crippen MR) is 183 cm³/mol. The van der Waals surface area contributed by atoms with E-state index in [2.05, 4.69) is 15.5 Å². The Bertz CT molecular complexity index is 1570. The molecule has 2 saturated heterocycles. The van der Waals surface area contributed by atoms with E-state index in [4.69, 9.17) is 9.26 Å². The maximum atomic E-state index is 14.1. The normalized spacial score (nSPS) is 20.2. The van der Waals surface area contributed by atoms with Crippen LogP contribution in [0.3, 0.4) is 0 Å². The van der Waals surface area contributed by atoms with Gasteiger partial charge in [0.2, 0.25) is 11.8 Å². The summed E-state index contributed by atoms with van der Waals surface area (Å²) in [7, 11) is 0. The van der Waals surface area contributed by atoms with Gasteiger partial charge in [0.15, 0.2) is 0 Å². The summed E-state index contributed by atoms with van der Waals surface area (Å²) in [6, 6.07) is 9.32. The van der Waals surface area contributed by atoms with Crippen molar-refractivity contribution in [3.05, 3.63) is 58.6 Å². The lowest BCUT2D eigenvalue weighted by molar-refractivity contribution is -0.136. The van der Waals surface area contributed by atoms with Gasteiger partial charge < -0.3 is 29.5 Å². The molecule has 3 aromatic rings. The number of piperidine rings is 1. The first-order valence-corrected chi connectivity index (χ1v) is 17.8. The molecule has 48 heavy (non-hydrogen) atoms. The van der Waals surface area contributed by atoms with Gasteiger partial charge in [-0.25, -0.2) is 9.78 Å². The number of hydrogen-bond donors (Lipinski definition) is 2. The van der Waals surface area contributed by atoms with Crippen LogP contribution in [0.5, 0.6) is 0 Å². The molecule has 5 rings (SSSR count). The standard InChI is InChI=1S/C36H49N5O6S/c1-21(2)32(30-18-29(39-47-30)25-12-14-40(15-13-25)35(45)46-36(5,6)7)34(44)41-19-28(42)16-27(41)17-31(43)38-22(3)24-8-10-26(11-9-24)33-23(4)37-20-48-33/h8-11,18,20-22,25,27-28,32,42H,12-17,19H2,1-7H3,(H,38,43)/t22-,27-,28+,32?/m0/s1. The third-order valence-electron chi connectivity index (χ3n) is 9.24. The van der Waals surface area contributed by atoms with Crippen molar-refractivity contribution in [2.45, 2.75) is 110 Å². The highest BCUT2D eigenvalue weighted by atomic mass is 32.1. The van der Waals surface area contributed by atoms with Crippen molar-refractivity contribution in [1.29, 1.82) is 0 Å². The predicted octanol–water partition coefficient (Wildman–Crippen LogP) is 6.19. The zero-order chi connectivity index (χ0) is 34.7. The summed E-state index contributed by atoms with van der Waals surface area (Å²) in [5.74, 6) is -0.481. The first kappa shape index (κ1) is 35.5. The van der Waals surface area contributed by atoms with Crippen LogP contribution >= 0.6 is 11.3 Å². The summed E-state index contributed by atoms with van der Waals surface area (Å²) in [5.41, 5.74) is 5.12. The maximum absolute atomic E-state index is 14.1. The van der Waals surface area contributed by atoms with Crippen LogP contribution in [0, 0.1) is 12.8 Å². The van der Waals surface area contributed by atoms with Gasteiger partial charge >= 0.3 is 6.09 Å². The van der Waals surface area contributed by atoms with Gasteiger partial charge in [-0.2, -0.15) is 0 Å². The molecule has 0 spiro atoms. The van der Waals surface area contributed by atoms with Crippen molar-refractivity contribution in [1.82, 2.24) is 25.3 Å². The van der Waals surface area contributed by atoms with Crippen molar-refractivity contribution in [3.63, 3.8) is 0 Å². The van der Waals surface area contributed by atoms with Gasteiger partial charge in [-0.05, 0) is 70.9 Å². The SMILES string of the molecule is Cc1ncsc1-c1ccc([C@H](C)NC(=O)C[C@@H]2C[C@@H](O)CN2C(=O)C(c2cc(C3CCN(C(=O)OC(C)(C)C)CC3)no2)C(C)C)cc1. The molecule has 2 N–H and O–H groups in total. The quantitative estimate of drug-likeness (QED) is 0.273. The average Bonchev–Trinajstić information content (AvgIpc) is 3.76. The topological polar surface area (TPSA) is 138 Å². The number of nitrogens with zero attached hydrogens (tertiary/aromatic N) is 4. The van der Waals surface area contributed by atoms with E-state index >= 15 is 0 Å². The second-order valence-corrected chi connectivity index (χ2v) is 15.4. The third-order valence-corrected chi connectivity index (χ3v) is 10.2. The maximum Gasteiger partial charge on any atom is 0.410 e. The Morgan fingerprint density at radius 3 is 2.42 bits per heavy atom. The zero-order valence-corrected chi connectivity index (χ0v) is 29.9. The Kier molecular flexibility index (Phi) is 10.9. The highest BCUT2D eigenvalue weighted by Gasteiger charge is 2.41. The number of benzene rings is 1. The molecule has 0 bridgehead atoms. The van der Waals surface area contributed by atoms with E-state index < -0.39 is 23.7 Å². The van der Waals surface area contributed by atoms with Gasteiger partial charge in [0.25, 0.3) is 0 Å². The number of aliphatic hydroxyl groups is 1. The van der Waals surface area contributed by atoms with Gasteiger partial charge in [0, 0.05) is 44.1 Å². The Labute approximate surface area is 287 Å². The van der Waals surface area contributed by atoms with Gasteiger partial charge in [0.1, 0.15) is 17.3 Å². The molecule has 2 aliphatic rings. The van der Waals surface area contributed by atoms with Gasteiger partial charge in [-0.3, -0.25) is 9.59 Å².